The standard InChI is InChI=1S/C23H17N3O2/c1-28-23(27)17-11-12-26-20(14-17)25-21(22(26)15-7-3-2-4-8-15)19-13-16-9-5-6-10-18(16)24-19/h2-14,24H,1H3. The summed E-state index contributed by atoms with van der Waals surface area (Å²) in [6, 6.07) is 23.9. The molecule has 0 aliphatic heterocycles. The molecule has 0 aliphatic rings. The van der Waals surface area contributed by atoms with Gasteiger partial charge in [-0.2, -0.15) is 0 Å². The fraction of sp³-hybridized carbons (Fsp3) is 0.0435. The second-order valence-electron chi connectivity index (χ2n) is 6.58. The molecule has 3 heterocycles. The summed E-state index contributed by atoms with van der Waals surface area (Å²) in [5.41, 5.74) is 6.02. The number of imidazole rings is 1. The van der Waals surface area contributed by atoms with Crippen LogP contribution in [0.3, 0.4) is 0 Å². The number of aromatic amines is 1. The van der Waals surface area contributed by atoms with Crippen molar-refractivity contribution in [2.75, 3.05) is 7.11 Å². The van der Waals surface area contributed by atoms with Crippen molar-refractivity contribution < 1.29 is 9.53 Å². The van der Waals surface area contributed by atoms with Crippen LogP contribution in [0.2, 0.25) is 0 Å². The molecule has 0 atom stereocenters. The van der Waals surface area contributed by atoms with Crippen LogP contribution in [0.4, 0.5) is 0 Å². The van der Waals surface area contributed by atoms with Crippen LogP contribution in [0.5, 0.6) is 0 Å². The number of para-hydroxylation sites is 1. The molecule has 0 saturated carbocycles. The van der Waals surface area contributed by atoms with Gasteiger partial charge in [0.2, 0.25) is 0 Å². The van der Waals surface area contributed by atoms with Gasteiger partial charge in [0.05, 0.1) is 24.1 Å². The van der Waals surface area contributed by atoms with Gasteiger partial charge in [-0.3, -0.25) is 4.40 Å². The number of methoxy groups -OCH3 is 1. The molecular weight excluding hydrogens is 350 g/mol. The van der Waals surface area contributed by atoms with Crippen LogP contribution in [0.1, 0.15) is 10.4 Å². The van der Waals surface area contributed by atoms with Crippen LogP contribution in [0.25, 0.3) is 39.2 Å². The third kappa shape index (κ3) is 2.56. The Morgan fingerprint density at radius 3 is 2.57 bits per heavy atom. The number of carbonyl (C=O) groups is 1. The predicted octanol–water partition coefficient (Wildman–Crippen LogP) is 4.94. The summed E-state index contributed by atoms with van der Waals surface area (Å²) in [7, 11) is 1.38. The summed E-state index contributed by atoms with van der Waals surface area (Å²) in [4.78, 5) is 20.3. The van der Waals surface area contributed by atoms with Crippen molar-refractivity contribution in [2.24, 2.45) is 0 Å². The molecule has 0 saturated heterocycles. The molecular formula is C23H17N3O2. The molecule has 0 spiro atoms. The van der Waals surface area contributed by atoms with E-state index in [9.17, 15) is 4.79 Å². The van der Waals surface area contributed by atoms with Crippen molar-refractivity contribution in [1.29, 1.82) is 0 Å². The van der Waals surface area contributed by atoms with Crippen LogP contribution in [0, 0.1) is 0 Å². The molecule has 5 aromatic rings. The van der Waals surface area contributed by atoms with Crippen LogP contribution < -0.4 is 0 Å². The largest absolute Gasteiger partial charge is 0.465 e. The Bertz CT molecular complexity index is 1280. The Kier molecular flexibility index (Phi) is 3.72. The predicted molar refractivity (Wildman–Crippen MR) is 109 cm³/mol. The number of benzene rings is 2. The number of ether oxygens (including phenoxy) is 1. The van der Waals surface area contributed by atoms with E-state index in [1.165, 1.54) is 7.11 Å². The molecule has 136 valence electrons. The molecule has 2 aromatic carbocycles. The van der Waals surface area contributed by atoms with Gasteiger partial charge in [-0.05, 0) is 24.3 Å². The minimum Gasteiger partial charge on any atom is -0.465 e. The van der Waals surface area contributed by atoms with Crippen molar-refractivity contribution in [3.63, 3.8) is 0 Å². The second-order valence-corrected chi connectivity index (χ2v) is 6.58. The van der Waals surface area contributed by atoms with E-state index in [1.807, 2.05) is 47.0 Å². The Morgan fingerprint density at radius 2 is 1.79 bits per heavy atom. The van der Waals surface area contributed by atoms with Crippen molar-refractivity contribution >= 4 is 22.5 Å². The summed E-state index contributed by atoms with van der Waals surface area (Å²) < 4.78 is 6.85. The van der Waals surface area contributed by atoms with E-state index in [-0.39, 0.29) is 5.97 Å². The lowest BCUT2D eigenvalue weighted by Gasteiger charge is -2.05. The van der Waals surface area contributed by atoms with Gasteiger partial charge in [0.15, 0.2) is 0 Å². The lowest BCUT2D eigenvalue weighted by molar-refractivity contribution is 0.0600. The SMILES string of the molecule is COC(=O)c1ccn2c(-c3ccccc3)c(-c3cc4ccccc4[nH]3)nc2c1. The van der Waals surface area contributed by atoms with Gasteiger partial charge < -0.3 is 9.72 Å². The Hall–Kier alpha value is -3.86. The molecule has 5 rings (SSSR count). The molecule has 5 heteroatoms. The van der Waals surface area contributed by atoms with E-state index in [0.717, 1.165) is 33.5 Å². The molecule has 0 amide bonds. The zero-order chi connectivity index (χ0) is 19.1. The Labute approximate surface area is 161 Å². The molecule has 28 heavy (non-hydrogen) atoms. The third-order valence-corrected chi connectivity index (χ3v) is 4.88. The topological polar surface area (TPSA) is 59.4 Å². The maximum atomic E-state index is 11.9. The maximum absolute atomic E-state index is 11.9. The number of pyridine rings is 1. The summed E-state index contributed by atoms with van der Waals surface area (Å²) >= 11 is 0. The molecule has 3 aromatic heterocycles. The van der Waals surface area contributed by atoms with Crippen molar-refractivity contribution in [3.05, 3.63) is 84.6 Å². The number of fused-ring (bicyclic) bond motifs is 2. The average Bonchev–Trinajstić information content (AvgIpc) is 3.34. The zero-order valence-electron chi connectivity index (χ0n) is 15.2. The number of hydrogen-bond acceptors (Lipinski definition) is 3. The number of nitrogens with one attached hydrogen (secondary N) is 1. The van der Waals surface area contributed by atoms with E-state index in [0.29, 0.717) is 11.2 Å². The van der Waals surface area contributed by atoms with E-state index in [2.05, 4.69) is 29.2 Å². The van der Waals surface area contributed by atoms with Crippen LogP contribution in [-0.4, -0.2) is 27.4 Å². The lowest BCUT2D eigenvalue weighted by atomic mass is 10.1. The first kappa shape index (κ1) is 16.3. The maximum Gasteiger partial charge on any atom is 0.338 e. The number of aromatic nitrogens is 3. The quantitative estimate of drug-likeness (QED) is 0.460. The van der Waals surface area contributed by atoms with E-state index in [1.54, 1.807) is 12.1 Å². The van der Waals surface area contributed by atoms with Crippen LogP contribution in [-0.2, 0) is 4.74 Å². The Morgan fingerprint density at radius 1 is 1.00 bits per heavy atom. The first-order valence-electron chi connectivity index (χ1n) is 8.98. The highest BCUT2D eigenvalue weighted by Crippen LogP contribution is 2.34. The number of hydrogen-bond donors (Lipinski definition) is 1. The highest BCUT2D eigenvalue weighted by molar-refractivity contribution is 5.92. The molecule has 0 aliphatic carbocycles. The fourth-order valence-electron chi connectivity index (χ4n) is 3.55. The number of H-pyrrole nitrogens is 1. The first-order valence-corrected chi connectivity index (χ1v) is 8.98. The molecule has 0 bridgehead atoms. The van der Waals surface area contributed by atoms with Crippen molar-refractivity contribution in [3.8, 4) is 22.6 Å². The van der Waals surface area contributed by atoms with Gasteiger partial charge in [-0.25, -0.2) is 9.78 Å². The van der Waals surface area contributed by atoms with E-state index >= 15 is 0 Å². The summed E-state index contributed by atoms with van der Waals surface area (Å²) in [5.74, 6) is -0.376. The van der Waals surface area contributed by atoms with Crippen LogP contribution in [0.15, 0.2) is 79.0 Å². The molecule has 0 fully saturated rings. The summed E-state index contributed by atoms with van der Waals surface area (Å²) in [6.45, 7) is 0. The Balaban J connectivity index is 1.80. The minimum atomic E-state index is -0.376. The molecule has 0 unspecified atom stereocenters. The van der Waals surface area contributed by atoms with Gasteiger partial charge >= 0.3 is 5.97 Å². The summed E-state index contributed by atoms with van der Waals surface area (Å²) in [5, 5.41) is 1.13. The summed E-state index contributed by atoms with van der Waals surface area (Å²) in [6.07, 6.45) is 1.86. The van der Waals surface area contributed by atoms with Gasteiger partial charge in [0, 0.05) is 22.7 Å². The molecule has 1 N–H and O–H groups in total. The molecule has 0 radical (unpaired) electrons. The van der Waals surface area contributed by atoms with Crippen molar-refractivity contribution in [1.82, 2.24) is 14.4 Å². The smallest absolute Gasteiger partial charge is 0.338 e. The fourth-order valence-corrected chi connectivity index (χ4v) is 3.55. The zero-order valence-corrected chi connectivity index (χ0v) is 15.2. The van der Waals surface area contributed by atoms with Gasteiger partial charge in [-0.1, -0.05) is 48.5 Å². The third-order valence-electron chi connectivity index (χ3n) is 4.88. The monoisotopic (exact) mass is 367 g/mol. The van der Waals surface area contributed by atoms with Gasteiger partial charge in [-0.15, -0.1) is 0 Å². The van der Waals surface area contributed by atoms with E-state index < -0.39 is 0 Å². The van der Waals surface area contributed by atoms with E-state index in [4.69, 9.17) is 9.72 Å². The number of carbonyl (C=O) groups excluding carboxylic acids is 1. The normalized spacial score (nSPS) is 11.2. The van der Waals surface area contributed by atoms with Crippen molar-refractivity contribution in [2.45, 2.75) is 0 Å². The first-order chi connectivity index (χ1) is 13.7. The van der Waals surface area contributed by atoms with Gasteiger partial charge in [0.1, 0.15) is 11.3 Å². The number of nitrogens with zero attached hydrogens (tertiary/aromatic N) is 2. The lowest BCUT2D eigenvalue weighted by Crippen LogP contribution is -2.02. The number of rotatable bonds is 3. The van der Waals surface area contributed by atoms with Gasteiger partial charge in [0.25, 0.3) is 0 Å². The van der Waals surface area contributed by atoms with Crippen LogP contribution >= 0.6 is 0 Å². The highest BCUT2D eigenvalue weighted by Gasteiger charge is 2.18. The highest BCUT2D eigenvalue weighted by atomic mass is 16.5. The molecule has 5 nitrogen and oxygen atoms in total. The average molecular weight is 367 g/mol. The number of esters is 1. The second kappa shape index (κ2) is 6.39. The minimum absolute atomic E-state index is 0.376.